The maximum absolute atomic E-state index is 12.5. The average molecular weight is 471 g/mol. The second-order valence-electron chi connectivity index (χ2n) is 7.15. The van der Waals surface area contributed by atoms with Gasteiger partial charge in [0.05, 0.1) is 28.5 Å². The van der Waals surface area contributed by atoms with E-state index >= 15 is 0 Å². The SMILES string of the molecule is CC1CC(NC(=O)CSc2nc3ccc(Br)cc3c3nc4ccccc4n23)NN1. The Morgan fingerprint density at radius 3 is 2.93 bits per heavy atom. The van der Waals surface area contributed by atoms with Crippen LogP contribution in [-0.2, 0) is 4.79 Å². The van der Waals surface area contributed by atoms with Gasteiger partial charge in [0.25, 0.3) is 0 Å². The minimum atomic E-state index is -0.0471. The Bertz CT molecular complexity index is 1240. The molecule has 2 aromatic carbocycles. The summed E-state index contributed by atoms with van der Waals surface area (Å²) in [7, 11) is 0. The van der Waals surface area contributed by atoms with Gasteiger partial charge in [0.15, 0.2) is 5.16 Å². The Labute approximate surface area is 179 Å². The van der Waals surface area contributed by atoms with E-state index in [4.69, 9.17) is 9.97 Å². The van der Waals surface area contributed by atoms with E-state index in [9.17, 15) is 4.79 Å². The molecule has 1 amide bonds. The summed E-state index contributed by atoms with van der Waals surface area (Å²) in [6, 6.07) is 14.3. The predicted molar refractivity (Wildman–Crippen MR) is 119 cm³/mol. The molecule has 1 fully saturated rings. The third kappa shape index (κ3) is 3.59. The summed E-state index contributed by atoms with van der Waals surface area (Å²) >= 11 is 4.96. The highest BCUT2D eigenvalue weighted by atomic mass is 79.9. The molecule has 9 heteroatoms. The second-order valence-corrected chi connectivity index (χ2v) is 9.01. The van der Waals surface area contributed by atoms with Crippen molar-refractivity contribution in [1.82, 2.24) is 30.5 Å². The molecule has 2 unspecified atom stereocenters. The molecule has 0 saturated carbocycles. The van der Waals surface area contributed by atoms with Gasteiger partial charge in [0.2, 0.25) is 5.91 Å². The van der Waals surface area contributed by atoms with Crippen LogP contribution < -0.4 is 16.2 Å². The Morgan fingerprint density at radius 2 is 2.10 bits per heavy atom. The van der Waals surface area contributed by atoms with Crippen LogP contribution in [0.3, 0.4) is 0 Å². The van der Waals surface area contributed by atoms with Crippen LogP contribution in [0, 0.1) is 0 Å². The normalized spacial score (nSPS) is 19.4. The van der Waals surface area contributed by atoms with Gasteiger partial charge in [-0.3, -0.25) is 14.6 Å². The molecule has 3 N–H and O–H groups in total. The lowest BCUT2D eigenvalue weighted by Gasteiger charge is -2.12. The van der Waals surface area contributed by atoms with Crippen LogP contribution in [0.4, 0.5) is 0 Å². The number of para-hydroxylation sites is 2. The molecular weight excluding hydrogens is 452 g/mol. The van der Waals surface area contributed by atoms with Crippen LogP contribution in [0.1, 0.15) is 13.3 Å². The van der Waals surface area contributed by atoms with Gasteiger partial charge in [-0.25, -0.2) is 15.4 Å². The van der Waals surface area contributed by atoms with Crippen LogP contribution >= 0.6 is 27.7 Å². The van der Waals surface area contributed by atoms with E-state index in [0.717, 1.165) is 43.6 Å². The molecule has 1 saturated heterocycles. The van der Waals surface area contributed by atoms with E-state index in [1.807, 2.05) is 46.9 Å². The molecular formula is C20H19BrN6OS. The summed E-state index contributed by atoms with van der Waals surface area (Å²) in [4.78, 5) is 22.1. The number of hydrogen-bond acceptors (Lipinski definition) is 6. The molecule has 5 rings (SSSR count). The van der Waals surface area contributed by atoms with Crippen LogP contribution in [0.5, 0.6) is 0 Å². The predicted octanol–water partition coefficient (Wildman–Crippen LogP) is 3.22. The molecule has 1 aliphatic heterocycles. The number of fused-ring (bicyclic) bond motifs is 5. The Hall–Kier alpha value is -2.20. The van der Waals surface area contributed by atoms with Gasteiger partial charge in [-0.2, -0.15) is 0 Å². The van der Waals surface area contributed by atoms with Crippen molar-refractivity contribution in [3.05, 3.63) is 46.9 Å². The first-order valence-electron chi connectivity index (χ1n) is 9.38. The van der Waals surface area contributed by atoms with Gasteiger partial charge >= 0.3 is 0 Å². The highest BCUT2D eigenvalue weighted by molar-refractivity contribution is 9.10. The minimum Gasteiger partial charge on any atom is -0.339 e. The van der Waals surface area contributed by atoms with Crippen molar-refractivity contribution in [2.75, 3.05) is 5.75 Å². The molecule has 0 bridgehead atoms. The number of thioether (sulfide) groups is 1. The zero-order valence-electron chi connectivity index (χ0n) is 15.6. The smallest absolute Gasteiger partial charge is 0.231 e. The van der Waals surface area contributed by atoms with Crippen molar-refractivity contribution in [2.24, 2.45) is 0 Å². The fourth-order valence-corrected chi connectivity index (χ4v) is 4.79. The standard InChI is InChI=1S/C20H19BrN6OS/c1-11-8-17(26-25-11)24-18(28)10-29-20-23-14-7-6-12(21)9-13(14)19-22-15-4-2-3-5-16(15)27(19)20/h2-7,9,11,17,25-26H,8,10H2,1H3,(H,24,28). The summed E-state index contributed by atoms with van der Waals surface area (Å²) in [5.41, 5.74) is 9.79. The van der Waals surface area contributed by atoms with Gasteiger partial charge in [0.1, 0.15) is 5.65 Å². The lowest BCUT2D eigenvalue weighted by atomic mass is 10.2. The molecule has 7 nitrogen and oxygen atoms in total. The number of imidazole rings is 1. The quantitative estimate of drug-likeness (QED) is 0.313. The van der Waals surface area contributed by atoms with E-state index in [1.54, 1.807) is 0 Å². The van der Waals surface area contributed by atoms with Crippen LogP contribution in [-0.4, -0.2) is 38.2 Å². The lowest BCUT2D eigenvalue weighted by Crippen LogP contribution is -2.45. The molecule has 0 radical (unpaired) electrons. The van der Waals surface area contributed by atoms with Crippen molar-refractivity contribution >= 4 is 61.2 Å². The molecule has 0 aliphatic carbocycles. The number of amides is 1. The van der Waals surface area contributed by atoms with Crippen LogP contribution in [0.25, 0.3) is 27.6 Å². The highest BCUT2D eigenvalue weighted by Gasteiger charge is 2.22. The third-order valence-electron chi connectivity index (χ3n) is 4.93. The van der Waals surface area contributed by atoms with Crippen molar-refractivity contribution in [3.63, 3.8) is 0 Å². The number of rotatable bonds is 4. The van der Waals surface area contributed by atoms with Crippen molar-refractivity contribution in [3.8, 4) is 0 Å². The van der Waals surface area contributed by atoms with E-state index in [0.29, 0.717) is 6.04 Å². The largest absolute Gasteiger partial charge is 0.339 e. The Balaban J connectivity index is 1.52. The number of benzene rings is 2. The first-order valence-corrected chi connectivity index (χ1v) is 11.2. The van der Waals surface area contributed by atoms with E-state index in [1.165, 1.54) is 11.8 Å². The number of carbonyl (C=O) groups excluding carboxylic acids is 1. The summed E-state index contributed by atoms with van der Waals surface area (Å²) in [6.45, 7) is 2.08. The van der Waals surface area contributed by atoms with Crippen LogP contribution in [0.15, 0.2) is 52.1 Å². The first-order chi connectivity index (χ1) is 14.1. The molecule has 2 aromatic heterocycles. The zero-order valence-corrected chi connectivity index (χ0v) is 18.0. The maximum Gasteiger partial charge on any atom is 0.231 e. The number of carbonyl (C=O) groups is 1. The highest BCUT2D eigenvalue weighted by Crippen LogP contribution is 2.30. The molecule has 148 valence electrons. The number of hydrazine groups is 1. The lowest BCUT2D eigenvalue weighted by molar-refractivity contribution is -0.119. The fourth-order valence-electron chi connectivity index (χ4n) is 3.61. The number of aromatic nitrogens is 3. The zero-order chi connectivity index (χ0) is 20.0. The summed E-state index contributed by atoms with van der Waals surface area (Å²) in [5.74, 6) is 0.252. The summed E-state index contributed by atoms with van der Waals surface area (Å²) in [5, 5.41) is 4.74. The van der Waals surface area contributed by atoms with Crippen molar-refractivity contribution in [1.29, 1.82) is 0 Å². The van der Waals surface area contributed by atoms with E-state index < -0.39 is 0 Å². The molecule has 1 aliphatic rings. The Morgan fingerprint density at radius 1 is 1.24 bits per heavy atom. The molecule has 4 aromatic rings. The number of halogens is 1. The molecule has 29 heavy (non-hydrogen) atoms. The van der Waals surface area contributed by atoms with Crippen molar-refractivity contribution < 1.29 is 4.79 Å². The number of nitrogens with one attached hydrogen (secondary N) is 3. The molecule has 3 heterocycles. The number of hydrogen-bond donors (Lipinski definition) is 3. The average Bonchev–Trinajstić information content (AvgIpc) is 3.30. The van der Waals surface area contributed by atoms with Gasteiger partial charge < -0.3 is 5.32 Å². The maximum atomic E-state index is 12.5. The monoisotopic (exact) mass is 470 g/mol. The van der Waals surface area contributed by atoms with Gasteiger partial charge in [-0.1, -0.05) is 39.8 Å². The number of nitrogens with zero attached hydrogens (tertiary/aromatic N) is 3. The van der Waals surface area contributed by atoms with E-state index in [-0.39, 0.29) is 17.8 Å². The van der Waals surface area contributed by atoms with E-state index in [2.05, 4.69) is 39.0 Å². The first kappa shape index (κ1) is 18.8. The molecule has 0 spiro atoms. The Kier molecular flexibility index (Phi) is 4.91. The van der Waals surface area contributed by atoms with Crippen molar-refractivity contribution in [2.45, 2.75) is 30.7 Å². The summed E-state index contributed by atoms with van der Waals surface area (Å²) in [6.07, 6.45) is 0.810. The topological polar surface area (TPSA) is 83.4 Å². The second kappa shape index (κ2) is 7.56. The third-order valence-corrected chi connectivity index (χ3v) is 6.36. The molecule has 2 atom stereocenters. The van der Waals surface area contributed by atoms with Gasteiger partial charge in [-0.15, -0.1) is 0 Å². The van der Waals surface area contributed by atoms with Crippen LogP contribution in [0.2, 0.25) is 0 Å². The minimum absolute atomic E-state index is 0.0290. The van der Waals surface area contributed by atoms with Gasteiger partial charge in [0, 0.05) is 15.9 Å². The van der Waals surface area contributed by atoms with Gasteiger partial charge in [-0.05, 0) is 43.7 Å². The fraction of sp³-hybridized carbons (Fsp3) is 0.250. The summed E-state index contributed by atoms with van der Waals surface area (Å²) < 4.78 is 3.02.